The summed E-state index contributed by atoms with van der Waals surface area (Å²) >= 11 is 0. The number of aromatic nitrogens is 2. The molecule has 19 heavy (non-hydrogen) atoms. The van der Waals surface area contributed by atoms with E-state index in [9.17, 15) is 8.42 Å². The second kappa shape index (κ2) is 6.49. The molecule has 0 spiro atoms. The molecule has 1 N–H and O–H groups in total. The Bertz CT molecular complexity index is 488. The lowest BCUT2D eigenvalue weighted by Crippen LogP contribution is -2.33. The average Bonchev–Trinajstić information content (AvgIpc) is 2.64. The third-order valence-electron chi connectivity index (χ3n) is 3.02. The second-order valence-electron chi connectivity index (χ2n) is 4.92. The first-order chi connectivity index (χ1) is 8.80. The molecular weight excluding hydrogens is 264 g/mol. The molecule has 0 amide bonds. The second-order valence-corrected chi connectivity index (χ2v) is 6.79. The molecule has 0 fully saturated rings. The van der Waals surface area contributed by atoms with E-state index in [2.05, 4.69) is 15.1 Å². The molecule has 0 aliphatic carbocycles. The van der Waals surface area contributed by atoms with E-state index in [-0.39, 0.29) is 0 Å². The summed E-state index contributed by atoms with van der Waals surface area (Å²) < 4.78 is 26.7. The van der Waals surface area contributed by atoms with Crippen LogP contribution in [-0.4, -0.2) is 61.5 Å². The minimum absolute atomic E-state index is 0.319. The van der Waals surface area contributed by atoms with Crippen molar-refractivity contribution in [2.24, 2.45) is 0 Å². The maximum atomic E-state index is 12.6. The fraction of sp³-hybridized carbons (Fsp3) is 0.750. The lowest BCUT2D eigenvalue weighted by atomic mass is 10.4. The van der Waals surface area contributed by atoms with Crippen LogP contribution in [0.3, 0.4) is 0 Å². The largest absolute Gasteiger partial charge is 0.309 e. The summed E-state index contributed by atoms with van der Waals surface area (Å²) in [5.41, 5.74) is 1.13. The van der Waals surface area contributed by atoms with Crippen LogP contribution in [0.25, 0.3) is 0 Å². The van der Waals surface area contributed by atoms with Crippen LogP contribution in [0.15, 0.2) is 4.90 Å². The van der Waals surface area contributed by atoms with Gasteiger partial charge in [-0.3, -0.25) is 5.10 Å². The molecule has 7 heteroatoms. The first-order valence-electron chi connectivity index (χ1n) is 6.47. The van der Waals surface area contributed by atoms with Crippen molar-refractivity contribution < 1.29 is 8.42 Å². The van der Waals surface area contributed by atoms with Crippen LogP contribution in [0.5, 0.6) is 0 Å². The monoisotopic (exact) mass is 288 g/mol. The fourth-order valence-corrected chi connectivity index (χ4v) is 3.88. The molecule has 0 aliphatic rings. The Morgan fingerprint density at radius 2 is 1.84 bits per heavy atom. The molecule has 1 rings (SSSR count). The van der Waals surface area contributed by atoms with Crippen molar-refractivity contribution >= 4 is 10.0 Å². The zero-order valence-corrected chi connectivity index (χ0v) is 13.2. The van der Waals surface area contributed by atoms with E-state index in [1.165, 1.54) is 4.31 Å². The number of hydrogen-bond acceptors (Lipinski definition) is 4. The number of sulfonamides is 1. The quantitative estimate of drug-likeness (QED) is 0.812. The van der Waals surface area contributed by atoms with Crippen LogP contribution in [0.2, 0.25) is 0 Å². The first kappa shape index (κ1) is 16.1. The third-order valence-corrected chi connectivity index (χ3v) is 5.26. The van der Waals surface area contributed by atoms with Gasteiger partial charge in [0.15, 0.2) is 0 Å². The number of aryl methyl sites for hydroxylation is 2. The van der Waals surface area contributed by atoms with Gasteiger partial charge in [0.2, 0.25) is 10.0 Å². The highest BCUT2D eigenvalue weighted by molar-refractivity contribution is 7.89. The highest BCUT2D eigenvalue weighted by Crippen LogP contribution is 2.21. The summed E-state index contributed by atoms with van der Waals surface area (Å²) in [4.78, 5) is 2.37. The van der Waals surface area contributed by atoms with Crippen molar-refractivity contribution in [2.75, 3.05) is 33.7 Å². The van der Waals surface area contributed by atoms with Gasteiger partial charge >= 0.3 is 0 Å². The lowest BCUT2D eigenvalue weighted by Gasteiger charge is -2.21. The predicted octanol–water partition coefficient (Wildman–Crippen LogP) is 0.989. The molecule has 0 saturated heterocycles. The van der Waals surface area contributed by atoms with Crippen molar-refractivity contribution in [1.29, 1.82) is 0 Å². The molecule has 0 unspecified atom stereocenters. The van der Waals surface area contributed by atoms with Gasteiger partial charge in [0.05, 0.1) is 11.4 Å². The summed E-state index contributed by atoms with van der Waals surface area (Å²) in [6.45, 7) is 7.18. The van der Waals surface area contributed by atoms with E-state index < -0.39 is 10.0 Å². The number of H-pyrrole nitrogens is 1. The lowest BCUT2D eigenvalue weighted by molar-refractivity contribution is 0.356. The summed E-state index contributed by atoms with van der Waals surface area (Å²) in [6.07, 6.45) is 0.815. The Hall–Kier alpha value is -0.920. The van der Waals surface area contributed by atoms with Crippen LogP contribution in [-0.2, 0) is 10.0 Å². The third kappa shape index (κ3) is 3.77. The van der Waals surface area contributed by atoms with Crippen LogP contribution < -0.4 is 0 Å². The Labute approximate surface area is 115 Å². The van der Waals surface area contributed by atoms with Crippen molar-refractivity contribution in [1.82, 2.24) is 19.4 Å². The Kier molecular flexibility index (Phi) is 5.51. The van der Waals surface area contributed by atoms with Gasteiger partial charge in [0.1, 0.15) is 4.90 Å². The van der Waals surface area contributed by atoms with Gasteiger partial charge in [-0.05, 0) is 40.9 Å². The molecule has 0 atom stereocenters. The van der Waals surface area contributed by atoms with Crippen molar-refractivity contribution in [3.8, 4) is 0 Å². The van der Waals surface area contributed by atoms with Crippen LogP contribution in [0, 0.1) is 13.8 Å². The maximum absolute atomic E-state index is 12.6. The molecule has 110 valence electrons. The van der Waals surface area contributed by atoms with E-state index in [0.717, 1.165) is 13.0 Å². The molecular formula is C12H24N4O2S. The van der Waals surface area contributed by atoms with Crippen molar-refractivity contribution in [3.05, 3.63) is 11.4 Å². The normalized spacial score (nSPS) is 12.6. The summed E-state index contributed by atoms with van der Waals surface area (Å²) in [5, 5.41) is 6.70. The smallest absolute Gasteiger partial charge is 0.246 e. The topological polar surface area (TPSA) is 69.3 Å². The summed E-state index contributed by atoms with van der Waals surface area (Å²) in [5.74, 6) is 0. The maximum Gasteiger partial charge on any atom is 0.246 e. The van der Waals surface area contributed by atoms with Gasteiger partial charge in [-0.25, -0.2) is 8.42 Å². The average molecular weight is 288 g/mol. The number of aromatic amines is 1. The molecule has 0 aromatic carbocycles. The predicted molar refractivity (Wildman–Crippen MR) is 75.7 cm³/mol. The number of hydrogen-bond donors (Lipinski definition) is 1. The highest BCUT2D eigenvalue weighted by Gasteiger charge is 2.28. The van der Waals surface area contributed by atoms with E-state index in [4.69, 9.17) is 0 Å². The molecule has 0 radical (unpaired) electrons. The van der Waals surface area contributed by atoms with Crippen molar-refractivity contribution in [2.45, 2.75) is 32.1 Å². The number of nitrogens with one attached hydrogen (secondary N) is 1. The van der Waals surface area contributed by atoms with Gasteiger partial charge in [0.25, 0.3) is 0 Å². The number of nitrogens with zero attached hydrogens (tertiary/aromatic N) is 3. The van der Waals surface area contributed by atoms with E-state index >= 15 is 0 Å². The first-order valence-corrected chi connectivity index (χ1v) is 7.91. The van der Waals surface area contributed by atoms with Crippen LogP contribution in [0.4, 0.5) is 0 Å². The standard InChI is InChI=1S/C12H24N4O2S/c1-6-16(9-7-8-15(4)5)19(17,18)12-10(2)13-14-11(12)3/h6-9H2,1-5H3,(H,13,14). The molecule has 1 aromatic rings. The summed E-state index contributed by atoms with van der Waals surface area (Å²) in [6, 6.07) is 0. The Morgan fingerprint density at radius 1 is 1.21 bits per heavy atom. The van der Waals surface area contributed by atoms with E-state index in [0.29, 0.717) is 29.4 Å². The van der Waals surface area contributed by atoms with Gasteiger partial charge in [-0.2, -0.15) is 9.40 Å². The van der Waals surface area contributed by atoms with Crippen molar-refractivity contribution in [3.63, 3.8) is 0 Å². The zero-order chi connectivity index (χ0) is 14.6. The van der Waals surface area contributed by atoms with Gasteiger partial charge in [0, 0.05) is 13.1 Å². The number of rotatable bonds is 7. The van der Waals surface area contributed by atoms with Gasteiger partial charge < -0.3 is 4.90 Å². The van der Waals surface area contributed by atoms with Gasteiger partial charge in [-0.1, -0.05) is 6.92 Å². The Morgan fingerprint density at radius 3 is 2.26 bits per heavy atom. The van der Waals surface area contributed by atoms with E-state index in [1.807, 2.05) is 21.0 Å². The molecule has 0 aliphatic heterocycles. The minimum Gasteiger partial charge on any atom is -0.309 e. The molecule has 1 heterocycles. The SMILES string of the molecule is CCN(CCCN(C)C)S(=O)(=O)c1c(C)n[nH]c1C. The fourth-order valence-electron chi connectivity index (χ4n) is 2.06. The molecule has 0 saturated carbocycles. The Balaban J connectivity index is 2.91. The van der Waals surface area contributed by atoms with Crippen LogP contribution in [0.1, 0.15) is 24.7 Å². The van der Waals surface area contributed by atoms with Gasteiger partial charge in [-0.15, -0.1) is 0 Å². The molecule has 0 bridgehead atoms. The van der Waals surface area contributed by atoms with E-state index in [1.54, 1.807) is 13.8 Å². The molecule has 6 nitrogen and oxygen atoms in total. The molecule has 1 aromatic heterocycles. The minimum atomic E-state index is -3.45. The zero-order valence-electron chi connectivity index (χ0n) is 12.4. The highest BCUT2D eigenvalue weighted by atomic mass is 32.2. The van der Waals surface area contributed by atoms with Crippen LogP contribution >= 0.6 is 0 Å². The summed E-state index contributed by atoms with van der Waals surface area (Å²) in [7, 11) is 0.517.